The molecule has 4 heteroatoms. The first-order valence-corrected chi connectivity index (χ1v) is 4.25. The number of alkyl halides is 2. The van der Waals surface area contributed by atoms with Crippen molar-refractivity contribution in [3.8, 4) is 0 Å². The van der Waals surface area contributed by atoms with Gasteiger partial charge in [0.05, 0.1) is 0 Å². The summed E-state index contributed by atoms with van der Waals surface area (Å²) < 4.78 is 25.8. The summed E-state index contributed by atoms with van der Waals surface area (Å²) in [7, 11) is 0. The Morgan fingerprint density at radius 1 is 1.36 bits per heavy atom. The predicted molar refractivity (Wildman–Crippen MR) is 38.6 cm³/mol. The van der Waals surface area contributed by atoms with Gasteiger partial charge in [0.1, 0.15) is 0 Å². The molecule has 1 N–H and O–H groups in total. The summed E-state index contributed by atoms with van der Waals surface area (Å²) >= 11 is 5.40. The summed E-state index contributed by atoms with van der Waals surface area (Å²) in [6.45, 7) is 0. The Labute approximate surface area is 69.2 Å². The smallest absolute Gasteiger partial charge is 0.230 e. The Morgan fingerprint density at radius 3 is 2.45 bits per heavy atom. The van der Waals surface area contributed by atoms with Gasteiger partial charge in [0.2, 0.25) is 0 Å². The van der Waals surface area contributed by atoms with E-state index in [1.165, 1.54) is 0 Å². The minimum absolute atomic E-state index is 0.0298. The van der Waals surface area contributed by atoms with Crippen LogP contribution in [-0.2, 0) is 0 Å². The molecule has 64 valence electrons. The minimum atomic E-state index is -2.41. The van der Waals surface area contributed by atoms with Crippen molar-refractivity contribution >= 4 is 11.8 Å². The van der Waals surface area contributed by atoms with E-state index in [9.17, 15) is 8.78 Å². The molecule has 1 unspecified atom stereocenters. The van der Waals surface area contributed by atoms with Gasteiger partial charge in [-0.25, -0.2) is 13.6 Å². The molecule has 2 aliphatic rings. The zero-order chi connectivity index (χ0) is 8.06. The van der Waals surface area contributed by atoms with Crippen molar-refractivity contribution in [2.24, 2.45) is 11.8 Å². The van der Waals surface area contributed by atoms with Gasteiger partial charge in [-0.15, -0.1) is 0 Å². The van der Waals surface area contributed by atoms with Crippen molar-refractivity contribution < 1.29 is 8.78 Å². The molecule has 3 atom stereocenters. The molecule has 2 aliphatic carbocycles. The second-order valence-corrected chi connectivity index (χ2v) is 3.83. The van der Waals surface area contributed by atoms with Crippen molar-refractivity contribution in [3.63, 3.8) is 0 Å². The lowest BCUT2D eigenvalue weighted by Crippen LogP contribution is -2.35. The van der Waals surface area contributed by atoms with Crippen molar-refractivity contribution in [2.75, 3.05) is 0 Å². The molecule has 0 radical (unpaired) electrons. The Kier molecular flexibility index (Phi) is 1.62. The second kappa shape index (κ2) is 2.30. The van der Waals surface area contributed by atoms with E-state index >= 15 is 0 Å². The van der Waals surface area contributed by atoms with Gasteiger partial charge in [-0.1, -0.05) is 0 Å². The van der Waals surface area contributed by atoms with Crippen LogP contribution in [0.3, 0.4) is 0 Å². The average molecular weight is 182 g/mol. The Hall–Kier alpha value is 0.110. The normalized spacial score (nSPS) is 46.6. The van der Waals surface area contributed by atoms with Gasteiger partial charge in [-0.05, 0) is 30.5 Å². The number of fused-ring (bicyclic) bond motifs is 2. The summed E-state index contributed by atoms with van der Waals surface area (Å²) in [5, 5.41) is 0. The van der Waals surface area contributed by atoms with E-state index < -0.39 is 11.8 Å². The fraction of sp³-hybridized carbons (Fsp3) is 1.00. The fourth-order valence-corrected chi connectivity index (χ4v) is 2.61. The van der Waals surface area contributed by atoms with E-state index in [0.29, 0.717) is 12.8 Å². The molecule has 0 saturated heterocycles. The van der Waals surface area contributed by atoms with Crippen molar-refractivity contribution in [2.45, 2.75) is 31.2 Å². The van der Waals surface area contributed by atoms with E-state index in [0.717, 1.165) is 0 Å². The standard InChI is InChI=1S/C7H10ClF2N/c8-11-6-2-5-1-4(6)3-7(5,9)10/h4-6,11H,1-3H2/t4?,5-,6+/m1/s1. The highest BCUT2D eigenvalue weighted by molar-refractivity contribution is 6.13. The zero-order valence-electron chi connectivity index (χ0n) is 5.99. The van der Waals surface area contributed by atoms with Crippen LogP contribution in [0.2, 0.25) is 0 Å². The number of halogens is 3. The second-order valence-electron chi connectivity index (χ2n) is 3.61. The average Bonchev–Trinajstić information content (AvgIpc) is 2.41. The van der Waals surface area contributed by atoms with E-state index in [4.69, 9.17) is 11.8 Å². The Bertz CT molecular complexity index is 174. The van der Waals surface area contributed by atoms with Crippen molar-refractivity contribution in [1.82, 2.24) is 4.84 Å². The monoisotopic (exact) mass is 181 g/mol. The van der Waals surface area contributed by atoms with Crippen LogP contribution in [0.25, 0.3) is 0 Å². The molecular weight excluding hydrogens is 172 g/mol. The lowest BCUT2D eigenvalue weighted by molar-refractivity contribution is -0.0552. The number of hydrogen-bond donors (Lipinski definition) is 1. The van der Waals surface area contributed by atoms with Crippen LogP contribution in [-0.4, -0.2) is 12.0 Å². The van der Waals surface area contributed by atoms with Crippen LogP contribution in [0, 0.1) is 11.8 Å². The molecule has 1 nitrogen and oxygen atoms in total. The van der Waals surface area contributed by atoms with Crippen molar-refractivity contribution in [3.05, 3.63) is 0 Å². The summed E-state index contributed by atoms with van der Waals surface area (Å²) in [6, 6.07) is 0.126. The molecule has 0 aromatic heterocycles. The molecule has 2 bridgehead atoms. The van der Waals surface area contributed by atoms with Gasteiger partial charge in [-0.3, -0.25) is 0 Å². The molecule has 0 spiro atoms. The summed E-state index contributed by atoms with van der Waals surface area (Å²) in [4.78, 5) is 2.57. The minimum Gasteiger partial charge on any atom is -0.230 e. The van der Waals surface area contributed by atoms with Gasteiger partial charge in [-0.2, -0.15) is 0 Å². The third kappa shape index (κ3) is 1.05. The first kappa shape index (κ1) is 7.74. The molecular formula is C7H10ClF2N. The third-order valence-electron chi connectivity index (χ3n) is 2.97. The van der Waals surface area contributed by atoms with E-state index in [2.05, 4.69) is 4.84 Å². The maximum absolute atomic E-state index is 12.9. The van der Waals surface area contributed by atoms with Crippen molar-refractivity contribution in [1.29, 1.82) is 0 Å². The first-order chi connectivity index (χ1) is 5.13. The number of rotatable bonds is 1. The molecule has 2 saturated carbocycles. The van der Waals surface area contributed by atoms with Crippen LogP contribution in [0.4, 0.5) is 8.78 Å². The molecule has 0 amide bonds. The summed E-state index contributed by atoms with van der Waals surface area (Å²) in [5.74, 6) is -2.72. The van der Waals surface area contributed by atoms with E-state index in [-0.39, 0.29) is 18.4 Å². The van der Waals surface area contributed by atoms with Crippen LogP contribution >= 0.6 is 11.8 Å². The maximum atomic E-state index is 12.9. The SMILES string of the molecule is FC1(F)CC2C[C@@H]1C[C@@H]2NCl. The van der Waals surface area contributed by atoms with Crippen LogP contribution in [0.15, 0.2) is 0 Å². The highest BCUT2D eigenvalue weighted by Gasteiger charge is 2.56. The van der Waals surface area contributed by atoms with Crippen LogP contribution in [0.5, 0.6) is 0 Å². The zero-order valence-corrected chi connectivity index (χ0v) is 6.74. The van der Waals surface area contributed by atoms with Gasteiger partial charge in [0.15, 0.2) is 0 Å². The molecule has 2 fully saturated rings. The topological polar surface area (TPSA) is 12.0 Å². The highest BCUT2D eigenvalue weighted by atomic mass is 35.5. The van der Waals surface area contributed by atoms with Gasteiger partial charge in [0.25, 0.3) is 5.92 Å². The summed E-state index contributed by atoms with van der Waals surface area (Å²) in [6.07, 6.45) is 1.22. The van der Waals surface area contributed by atoms with Crippen LogP contribution in [0.1, 0.15) is 19.3 Å². The largest absolute Gasteiger partial charge is 0.251 e. The first-order valence-electron chi connectivity index (χ1n) is 3.87. The molecule has 0 aromatic carbocycles. The number of hydrogen-bond acceptors (Lipinski definition) is 1. The fourth-order valence-electron chi connectivity index (χ4n) is 2.35. The highest BCUT2D eigenvalue weighted by Crippen LogP contribution is 2.53. The predicted octanol–water partition coefficient (Wildman–Crippen LogP) is 2.16. The Balaban J connectivity index is 2.08. The molecule has 0 aliphatic heterocycles. The third-order valence-corrected chi connectivity index (χ3v) is 3.25. The quantitative estimate of drug-likeness (QED) is 0.612. The molecule has 0 aromatic rings. The molecule has 11 heavy (non-hydrogen) atoms. The molecule has 0 heterocycles. The Morgan fingerprint density at radius 2 is 2.09 bits per heavy atom. The van der Waals surface area contributed by atoms with Gasteiger partial charge >= 0.3 is 0 Å². The number of nitrogens with one attached hydrogen (secondary N) is 1. The van der Waals surface area contributed by atoms with Gasteiger partial charge in [0, 0.05) is 18.4 Å². The van der Waals surface area contributed by atoms with E-state index in [1.807, 2.05) is 0 Å². The van der Waals surface area contributed by atoms with Gasteiger partial charge < -0.3 is 0 Å². The van der Waals surface area contributed by atoms with E-state index in [1.54, 1.807) is 0 Å². The maximum Gasteiger partial charge on any atom is 0.251 e. The van der Waals surface area contributed by atoms with Crippen LogP contribution < -0.4 is 4.84 Å². The molecule has 2 rings (SSSR count). The lowest BCUT2D eigenvalue weighted by Gasteiger charge is -2.26. The lowest BCUT2D eigenvalue weighted by atomic mass is 9.93. The summed E-state index contributed by atoms with van der Waals surface area (Å²) in [5.41, 5.74) is 0.